The number of rotatable bonds is 6. The molecule has 0 aliphatic carbocycles. The fourth-order valence-corrected chi connectivity index (χ4v) is 4.90. The lowest BCUT2D eigenvalue weighted by atomic mass is 10.2. The van der Waals surface area contributed by atoms with Gasteiger partial charge >= 0.3 is 0 Å². The second-order valence-corrected chi connectivity index (χ2v) is 9.38. The Morgan fingerprint density at radius 1 is 1.03 bits per heavy atom. The van der Waals surface area contributed by atoms with Gasteiger partial charge in [0.2, 0.25) is 0 Å². The van der Waals surface area contributed by atoms with Crippen molar-refractivity contribution in [3.05, 3.63) is 53.1 Å². The smallest absolute Gasteiger partial charge is 0.266 e. The van der Waals surface area contributed by atoms with Crippen molar-refractivity contribution in [2.45, 2.75) is 11.3 Å². The Kier molecular flexibility index (Phi) is 7.42. The van der Waals surface area contributed by atoms with Crippen molar-refractivity contribution in [3.8, 4) is 5.75 Å². The van der Waals surface area contributed by atoms with Gasteiger partial charge in [-0.2, -0.15) is 0 Å². The molecule has 0 atom stereocenters. The third kappa shape index (κ3) is 5.12. The van der Waals surface area contributed by atoms with Crippen LogP contribution in [0.2, 0.25) is 5.02 Å². The summed E-state index contributed by atoms with van der Waals surface area (Å²) in [4.78, 5) is 21.7. The van der Waals surface area contributed by atoms with Crippen molar-refractivity contribution < 1.29 is 22.8 Å². The number of benzene rings is 2. The molecule has 1 aliphatic heterocycles. The van der Waals surface area contributed by atoms with Crippen molar-refractivity contribution >= 4 is 33.2 Å². The summed E-state index contributed by atoms with van der Waals surface area (Å²) in [5, 5.41) is 0.0296. The molecular weight excluding hydrogens is 442 g/mol. The third-order valence-corrected chi connectivity index (χ3v) is 7.43. The largest absolute Gasteiger partial charge is 0.497 e. The first-order valence-electron chi connectivity index (χ1n) is 9.79. The Morgan fingerprint density at radius 3 is 2.39 bits per heavy atom. The second kappa shape index (κ2) is 9.86. The van der Waals surface area contributed by atoms with Crippen molar-refractivity contribution in [1.29, 1.82) is 0 Å². The number of sulfonamides is 1. The van der Waals surface area contributed by atoms with E-state index in [1.54, 1.807) is 18.1 Å². The zero-order valence-electron chi connectivity index (χ0n) is 17.7. The first-order chi connectivity index (χ1) is 14.8. The van der Waals surface area contributed by atoms with Crippen LogP contribution >= 0.6 is 11.6 Å². The molecule has 0 unspecified atom stereocenters. The molecule has 1 amide bonds. The van der Waals surface area contributed by atoms with Crippen LogP contribution in [0.1, 0.15) is 16.8 Å². The van der Waals surface area contributed by atoms with Crippen molar-refractivity contribution in [3.63, 3.8) is 0 Å². The fourth-order valence-electron chi connectivity index (χ4n) is 3.43. The molecule has 2 aromatic carbocycles. The minimum atomic E-state index is -3.97. The molecule has 31 heavy (non-hydrogen) atoms. The topological polar surface area (TPSA) is 79.4 Å². The third-order valence-electron chi connectivity index (χ3n) is 5.27. The quantitative estimate of drug-likeness (QED) is 0.608. The van der Waals surface area contributed by atoms with Crippen LogP contribution < -0.4 is 9.64 Å². The van der Waals surface area contributed by atoms with Crippen LogP contribution in [-0.2, 0) is 14.9 Å². The fraction of sp³-hybridized carbons (Fsp3) is 0.381. The van der Waals surface area contributed by atoms with Gasteiger partial charge in [-0.25, -0.2) is 8.42 Å². The number of ether oxygens (including phenoxy) is 1. The molecule has 0 N–H and O–H groups in total. The van der Waals surface area contributed by atoms with Crippen molar-refractivity contribution in [1.82, 2.24) is 9.37 Å². The number of methoxy groups -OCH3 is 1. The van der Waals surface area contributed by atoms with E-state index < -0.39 is 10.0 Å². The number of amides is 1. The standard InChI is InChI=1S/C21H26ClN3O5S/c1-23(30-3)31(27,28)20-15-16(5-10-19(20)22)21(26)25-12-4-11-24(13-14-25)17-6-8-18(29-2)9-7-17/h5-10,15H,4,11-14H2,1-3H3. The van der Waals surface area contributed by atoms with Crippen LogP contribution in [0, 0.1) is 0 Å². The molecule has 2 aromatic rings. The van der Waals surface area contributed by atoms with Gasteiger partial charge in [0.25, 0.3) is 15.9 Å². The molecule has 1 fully saturated rings. The predicted molar refractivity (Wildman–Crippen MR) is 119 cm³/mol. The minimum Gasteiger partial charge on any atom is -0.497 e. The lowest BCUT2D eigenvalue weighted by Gasteiger charge is -2.24. The Balaban J connectivity index is 1.76. The van der Waals surface area contributed by atoms with Crippen molar-refractivity contribution in [2.24, 2.45) is 0 Å². The van der Waals surface area contributed by atoms with Crippen molar-refractivity contribution in [2.75, 3.05) is 52.3 Å². The summed E-state index contributed by atoms with van der Waals surface area (Å²) in [6.45, 7) is 2.58. The van der Waals surface area contributed by atoms with Crippen LogP contribution in [0.5, 0.6) is 5.75 Å². The monoisotopic (exact) mass is 467 g/mol. The van der Waals surface area contributed by atoms with Crippen LogP contribution in [0.25, 0.3) is 0 Å². The second-order valence-electron chi connectivity index (χ2n) is 7.07. The molecule has 3 rings (SSSR count). The van der Waals surface area contributed by atoms with E-state index in [4.69, 9.17) is 21.2 Å². The van der Waals surface area contributed by atoms with Crippen LogP contribution in [0.15, 0.2) is 47.4 Å². The Labute approximate surface area is 187 Å². The molecule has 8 nitrogen and oxygen atoms in total. The number of carbonyl (C=O) groups excluding carboxylic acids is 1. The van der Waals surface area contributed by atoms with Gasteiger partial charge in [-0.1, -0.05) is 16.1 Å². The number of anilines is 1. The number of nitrogens with zero attached hydrogens (tertiary/aromatic N) is 3. The highest BCUT2D eigenvalue weighted by Crippen LogP contribution is 2.26. The predicted octanol–water partition coefficient (Wildman–Crippen LogP) is 2.88. The lowest BCUT2D eigenvalue weighted by Crippen LogP contribution is -2.35. The number of hydrogen-bond acceptors (Lipinski definition) is 6. The zero-order valence-corrected chi connectivity index (χ0v) is 19.3. The zero-order chi connectivity index (χ0) is 22.6. The van der Waals surface area contributed by atoms with E-state index in [9.17, 15) is 13.2 Å². The van der Waals surface area contributed by atoms with E-state index in [0.717, 1.165) is 24.4 Å². The van der Waals surface area contributed by atoms with E-state index in [1.807, 2.05) is 24.3 Å². The SMILES string of the molecule is COc1ccc(N2CCCN(C(=O)c3ccc(Cl)c(S(=O)(=O)N(C)OC)c3)CC2)cc1. The normalized spacial score (nSPS) is 15.1. The molecule has 10 heteroatoms. The summed E-state index contributed by atoms with van der Waals surface area (Å²) in [5.74, 6) is 0.563. The average Bonchev–Trinajstić information content (AvgIpc) is 3.04. The molecule has 1 saturated heterocycles. The summed E-state index contributed by atoms with van der Waals surface area (Å²) in [6, 6.07) is 12.1. The maximum Gasteiger partial charge on any atom is 0.266 e. The lowest BCUT2D eigenvalue weighted by molar-refractivity contribution is -0.0258. The minimum absolute atomic E-state index is 0.0296. The van der Waals surface area contributed by atoms with E-state index in [-0.39, 0.29) is 21.4 Å². The van der Waals surface area contributed by atoms with Gasteiger partial charge in [-0.15, -0.1) is 0 Å². The Morgan fingerprint density at radius 2 is 1.74 bits per heavy atom. The van der Waals surface area contributed by atoms with Crippen LogP contribution in [-0.4, -0.2) is 71.1 Å². The van der Waals surface area contributed by atoms with E-state index in [1.165, 1.54) is 26.3 Å². The van der Waals surface area contributed by atoms with Gasteiger partial charge in [-0.05, 0) is 48.9 Å². The van der Waals surface area contributed by atoms with Gasteiger partial charge in [0.1, 0.15) is 10.6 Å². The number of carbonyl (C=O) groups is 1. The Bertz CT molecular complexity index is 1030. The molecule has 0 saturated carbocycles. The molecule has 1 heterocycles. The highest BCUT2D eigenvalue weighted by molar-refractivity contribution is 7.89. The van der Waals surface area contributed by atoms with Gasteiger partial charge in [0, 0.05) is 44.5 Å². The Hall–Kier alpha value is -2.33. The average molecular weight is 468 g/mol. The molecule has 0 bridgehead atoms. The highest BCUT2D eigenvalue weighted by atomic mass is 35.5. The van der Waals surface area contributed by atoms with E-state index in [2.05, 4.69) is 4.90 Å². The van der Waals surface area contributed by atoms with Crippen LogP contribution in [0.3, 0.4) is 0 Å². The molecule has 0 spiro atoms. The summed E-state index contributed by atoms with van der Waals surface area (Å²) in [7, 11) is 0.165. The number of hydrogen-bond donors (Lipinski definition) is 0. The molecular formula is C21H26ClN3O5S. The van der Waals surface area contributed by atoms with Gasteiger partial charge < -0.3 is 14.5 Å². The molecule has 0 aromatic heterocycles. The first-order valence-corrected chi connectivity index (χ1v) is 11.6. The summed E-state index contributed by atoms with van der Waals surface area (Å²) >= 11 is 6.11. The van der Waals surface area contributed by atoms with E-state index >= 15 is 0 Å². The van der Waals surface area contributed by atoms with E-state index in [0.29, 0.717) is 24.1 Å². The summed E-state index contributed by atoms with van der Waals surface area (Å²) in [5.41, 5.74) is 1.34. The van der Waals surface area contributed by atoms with Gasteiger partial charge in [0.05, 0.1) is 19.2 Å². The molecule has 168 valence electrons. The maximum atomic E-state index is 13.1. The van der Waals surface area contributed by atoms with Crippen LogP contribution in [0.4, 0.5) is 5.69 Å². The molecule has 1 aliphatic rings. The number of halogens is 1. The number of hydroxylamine groups is 1. The van der Waals surface area contributed by atoms with Gasteiger partial charge in [-0.3, -0.25) is 9.63 Å². The summed E-state index contributed by atoms with van der Waals surface area (Å²) in [6.07, 6.45) is 0.795. The van der Waals surface area contributed by atoms with Gasteiger partial charge in [0.15, 0.2) is 0 Å². The first kappa shape index (κ1) is 23.3. The summed E-state index contributed by atoms with van der Waals surface area (Å²) < 4.78 is 31.1. The molecule has 0 radical (unpaired) electrons. The maximum absolute atomic E-state index is 13.1. The highest BCUT2D eigenvalue weighted by Gasteiger charge is 2.27.